The van der Waals surface area contributed by atoms with Gasteiger partial charge in [0, 0.05) is 60.4 Å². The third-order valence-electron chi connectivity index (χ3n) is 6.14. The number of aromatic amines is 1. The van der Waals surface area contributed by atoms with Crippen molar-refractivity contribution in [2.45, 2.75) is 13.8 Å². The number of carbonyl (C=O) groups excluding carboxylic acids is 1. The number of benzene rings is 1. The summed E-state index contributed by atoms with van der Waals surface area (Å²) >= 11 is 0. The molecule has 0 saturated heterocycles. The zero-order valence-electron chi connectivity index (χ0n) is 19.5. The Hall–Kier alpha value is -4.46. The van der Waals surface area contributed by atoms with Crippen LogP contribution in [-0.4, -0.2) is 35.4 Å². The van der Waals surface area contributed by atoms with E-state index in [1.807, 2.05) is 63.3 Å². The summed E-state index contributed by atoms with van der Waals surface area (Å²) in [4.78, 5) is 20.4. The molecule has 0 spiro atoms. The van der Waals surface area contributed by atoms with Crippen molar-refractivity contribution in [1.82, 2.24) is 29.5 Å². The number of aryl methyl sites for hydroxylation is 3. The lowest BCUT2D eigenvalue weighted by molar-refractivity contribution is -0.111. The number of aromatic nitrogens is 6. The molecule has 170 valence electrons. The Morgan fingerprint density at radius 3 is 2.62 bits per heavy atom. The fourth-order valence-corrected chi connectivity index (χ4v) is 4.40. The lowest BCUT2D eigenvalue weighted by atomic mass is 9.93. The van der Waals surface area contributed by atoms with Gasteiger partial charge in [-0.25, -0.2) is 4.98 Å². The van der Waals surface area contributed by atoms with E-state index in [9.17, 15) is 4.79 Å². The van der Waals surface area contributed by atoms with E-state index in [0.717, 1.165) is 61.5 Å². The molecule has 1 amide bonds. The van der Waals surface area contributed by atoms with E-state index in [2.05, 4.69) is 39.2 Å². The van der Waals surface area contributed by atoms with Crippen LogP contribution >= 0.6 is 0 Å². The number of carbonyl (C=O) groups is 1. The predicted octanol–water partition coefficient (Wildman–Crippen LogP) is 4.77. The summed E-state index contributed by atoms with van der Waals surface area (Å²) in [5.74, 6) is -0.241. The van der Waals surface area contributed by atoms with Crippen LogP contribution in [0.1, 0.15) is 11.1 Å². The number of nitrogens with zero attached hydrogens (tertiary/aromatic N) is 5. The van der Waals surface area contributed by atoms with Crippen LogP contribution in [-0.2, 0) is 18.9 Å². The van der Waals surface area contributed by atoms with Gasteiger partial charge in [0.15, 0.2) is 0 Å². The summed E-state index contributed by atoms with van der Waals surface area (Å²) < 4.78 is 3.61. The highest BCUT2D eigenvalue weighted by Crippen LogP contribution is 2.42. The maximum atomic E-state index is 12.1. The smallest absolute Gasteiger partial charge is 0.247 e. The molecule has 4 heterocycles. The molecule has 5 aromatic rings. The second-order valence-electron chi connectivity index (χ2n) is 8.36. The van der Waals surface area contributed by atoms with Gasteiger partial charge in [0.2, 0.25) is 5.91 Å². The number of anilines is 1. The molecule has 0 fully saturated rings. The minimum atomic E-state index is -0.241. The fourth-order valence-electron chi connectivity index (χ4n) is 4.40. The Labute approximate surface area is 197 Å². The molecule has 4 aromatic heterocycles. The molecular formula is C26H25N7O. The van der Waals surface area contributed by atoms with Gasteiger partial charge >= 0.3 is 0 Å². The Morgan fingerprint density at radius 2 is 1.94 bits per heavy atom. The van der Waals surface area contributed by atoms with Crippen molar-refractivity contribution in [3.63, 3.8) is 0 Å². The van der Waals surface area contributed by atoms with Crippen LogP contribution in [0.25, 0.3) is 44.7 Å². The number of amides is 1. The largest absolute Gasteiger partial charge is 0.339 e. The molecule has 0 saturated carbocycles. The normalized spacial score (nSPS) is 11.2. The molecule has 8 nitrogen and oxygen atoms in total. The van der Waals surface area contributed by atoms with Gasteiger partial charge in [0.1, 0.15) is 5.65 Å². The first-order valence-corrected chi connectivity index (χ1v) is 10.9. The summed E-state index contributed by atoms with van der Waals surface area (Å²) in [5.41, 5.74) is 9.32. The molecule has 0 unspecified atom stereocenters. The van der Waals surface area contributed by atoms with Gasteiger partial charge in [-0.3, -0.25) is 14.2 Å². The van der Waals surface area contributed by atoms with Gasteiger partial charge in [-0.05, 0) is 48.7 Å². The van der Waals surface area contributed by atoms with Crippen molar-refractivity contribution in [2.75, 3.05) is 5.32 Å². The van der Waals surface area contributed by atoms with Crippen molar-refractivity contribution in [3.05, 3.63) is 72.8 Å². The highest BCUT2D eigenvalue weighted by molar-refractivity contribution is 6.06. The van der Waals surface area contributed by atoms with Gasteiger partial charge in [0.05, 0.1) is 17.6 Å². The second kappa shape index (κ2) is 8.15. The lowest BCUT2D eigenvalue weighted by Crippen LogP contribution is -2.10. The van der Waals surface area contributed by atoms with Crippen LogP contribution in [0.4, 0.5) is 5.69 Å². The van der Waals surface area contributed by atoms with Crippen LogP contribution in [0.2, 0.25) is 0 Å². The zero-order chi connectivity index (χ0) is 24.0. The van der Waals surface area contributed by atoms with Gasteiger partial charge in [-0.1, -0.05) is 18.7 Å². The fraction of sp³-hybridized carbons (Fsp3) is 0.154. The molecule has 2 N–H and O–H groups in total. The van der Waals surface area contributed by atoms with E-state index in [1.54, 1.807) is 10.9 Å². The number of fused-ring (bicyclic) bond motifs is 1. The first-order chi connectivity index (χ1) is 16.4. The van der Waals surface area contributed by atoms with Crippen LogP contribution < -0.4 is 5.32 Å². The van der Waals surface area contributed by atoms with Crippen molar-refractivity contribution < 1.29 is 4.79 Å². The second-order valence-corrected chi connectivity index (χ2v) is 8.36. The Bertz CT molecular complexity index is 1570. The Kier molecular flexibility index (Phi) is 5.13. The molecule has 8 heteroatoms. The number of hydrogen-bond acceptors (Lipinski definition) is 4. The van der Waals surface area contributed by atoms with E-state index in [-0.39, 0.29) is 5.91 Å². The molecule has 0 radical (unpaired) electrons. The maximum absolute atomic E-state index is 12.1. The molecule has 0 aliphatic heterocycles. The minimum Gasteiger partial charge on any atom is -0.339 e. The molecule has 0 atom stereocenters. The summed E-state index contributed by atoms with van der Waals surface area (Å²) in [6.45, 7) is 7.59. The van der Waals surface area contributed by atoms with Crippen LogP contribution in [0.3, 0.4) is 0 Å². The van der Waals surface area contributed by atoms with Crippen molar-refractivity contribution >= 4 is 22.6 Å². The summed E-state index contributed by atoms with van der Waals surface area (Å²) in [6.07, 6.45) is 8.71. The predicted molar refractivity (Wildman–Crippen MR) is 134 cm³/mol. The number of H-pyrrole nitrogens is 1. The van der Waals surface area contributed by atoms with Gasteiger partial charge in [-0.2, -0.15) is 10.2 Å². The molecule has 1 aromatic carbocycles. The van der Waals surface area contributed by atoms with E-state index in [1.165, 1.54) is 6.08 Å². The van der Waals surface area contributed by atoms with E-state index >= 15 is 0 Å². The maximum Gasteiger partial charge on any atom is 0.247 e. The first-order valence-electron chi connectivity index (χ1n) is 10.9. The third-order valence-corrected chi connectivity index (χ3v) is 6.14. The van der Waals surface area contributed by atoms with E-state index in [4.69, 9.17) is 4.98 Å². The number of rotatable bonds is 5. The lowest BCUT2D eigenvalue weighted by Gasteiger charge is -2.16. The summed E-state index contributed by atoms with van der Waals surface area (Å²) in [5, 5.41) is 12.6. The topological polar surface area (TPSA) is 93.4 Å². The highest BCUT2D eigenvalue weighted by atomic mass is 16.1. The minimum absolute atomic E-state index is 0.241. The average molecular weight is 452 g/mol. The molecule has 34 heavy (non-hydrogen) atoms. The average Bonchev–Trinajstić information content (AvgIpc) is 3.54. The number of pyridine rings is 1. The van der Waals surface area contributed by atoms with Crippen LogP contribution in [0.5, 0.6) is 0 Å². The SMILES string of the molecule is C=CC(=O)Nc1c(C)ccc(-c2c(-c3cnn(C)c3)[nH]c3ncc(-c4ccnn4C)cc23)c1C. The molecule has 5 rings (SSSR count). The van der Waals surface area contributed by atoms with Crippen molar-refractivity contribution in [3.8, 4) is 33.6 Å². The summed E-state index contributed by atoms with van der Waals surface area (Å²) in [7, 11) is 3.81. The van der Waals surface area contributed by atoms with Crippen molar-refractivity contribution in [2.24, 2.45) is 14.1 Å². The molecule has 0 bridgehead atoms. The standard InChI is InChI=1S/C26H25N7O/c1-6-22(34)30-24-15(2)7-8-19(16(24)3)23-20-11-17(21-9-10-28-33(21)5)12-27-26(20)31-25(23)18-13-29-32(4)14-18/h6-14H,1H2,2-5H3,(H,27,31)(H,30,34). The molecular weight excluding hydrogens is 426 g/mol. The summed E-state index contributed by atoms with van der Waals surface area (Å²) in [6, 6.07) is 8.21. The molecule has 0 aliphatic carbocycles. The van der Waals surface area contributed by atoms with Gasteiger partial charge in [0.25, 0.3) is 0 Å². The van der Waals surface area contributed by atoms with Crippen LogP contribution in [0, 0.1) is 13.8 Å². The number of hydrogen-bond donors (Lipinski definition) is 2. The van der Waals surface area contributed by atoms with E-state index in [0.29, 0.717) is 0 Å². The van der Waals surface area contributed by atoms with E-state index < -0.39 is 0 Å². The Balaban J connectivity index is 1.81. The third kappa shape index (κ3) is 3.49. The zero-order valence-corrected chi connectivity index (χ0v) is 19.5. The van der Waals surface area contributed by atoms with Gasteiger partial charge < -0.3 is 10.3 Å². The number of nitrogens with one attached hydrogen (secondary N) is 2. The highest BCUT2D eigenvalue weighted by Gasteiger charge is 2.21. The van der Waals surface area contributed by atoms with Gasteiger partial charge in [-0.15, -0.1) is 0 Å². The first kappa shape index (κ1) is 21.4. The van der Waals surface area contributed by atoms with Crippen LogP contribution in [0.15, 0.2) is 61.7 Å². The monoisotopic (exact) mass is 451 g/mol. The molecule has 0 aliphatic rings. The van der Waals surface area contributed by atoms with Crippen molar-refractivity contribution in [1.29, 1.82) is 0 Å². The quantitative estimate of drug-likeness (QED) is 0.376. The Morgan fingerprint density at radius 1 is 1.12 bits per heavy atom.